The first kappa shape index (κ1) is 81.0. The van der Waals surface area contributed by atoms with Gasteiger partial charge in [0.1, 0.15) is 0 Å². The molecule has 0 saturated heterocycles. The number of rotatable bonds is 12. The van der Waals surface area contributed by atoms with Gasteiger partial charge >= 0.3 is 0 Å². The van der Waals surface area contributed by atoms with Gasteiger partial charge in [-0.3, -0.25) is 0 Å². The topological polar surface area (TPSA) is 29.6 Å². The zero-order valence-electron chi connectivity index (χ0n) is 76.5. The standard InChI is InChI=1S/C48H32N2.C46H30N2.C40H26N2/c1-3-14-33(15-4-1)35-18-13-19-38(30-35)49-45-24-11-8-21-40(45)42-31-36(26-28-47(42)49)37-27-29-48-43(32-37)41-22-9-12-25-46(41)50(48)44-23-10-7-20-39(44)34-16-5-2-6-17-34;1-2-11-31(12-3-1)34-15-10-16-37(27-34)47-43-19-8-6-17-39(43)41-29-35(22-25-45(41)47)36-23-26-46-42(30-36)40-18-7-9-20-44(40)48(46)38-24-21-32-13-4-5-14-33(32)28-38;1-2-12-31(13-3-1)41-37-16-8-6-14-33(37)35-25-29(19-22-39(35)41)30-20-23-40-36(26-30)34-15-7-9-17-38(34)42(40)32-21-18-27-10-4-5-11-28(27)24-32/h1-32H;1-30H;1-26H. The van der Waals surface area contributed by atoms with E-state index in [1.807, 2.05) is 0 Å². The second-order valence-electron chi connectivity index (χ2n) is 36.6. The summed E-state index contributed by atoms with van der Waals surface area (Å²) in [5, 5.41) is 20.1. The quantitative estimate of drug-likeness (QED) is 0.117. The smallest absolute Gasteiger partial charge is 0.0541 e. The fourth-order valence-corrected chi connectivity index (χ4v) is 22.2. The lowest BCUT2D eigenvalue weighted by molar-refractivity contribution is 1.18. The van der Waals surface area contributed by atoms with Crippen LogP contribution in [0.2, 0.25) is 0 Å². The van der Waals surface area contributed by atoms with E-state index in [2.05, 4.69) is 561 Å². The molecule has 0 fully saturated rings. The Kier molecular flexibility index (Phi) is 19.5. The van der Waals surface area contributed by atoms with Crippen molar-refractivity contribution in [1.82, 2.24) is 27.4 Å². The molecule has 654 valence electrons. The Morgan fingerprint density at radius 2 is 0.321 bits per heavy atom. The van der Waals surface area contributed by atoms with Gasteiger partial charge in [-0.2, -0.15) is 0 Å². The molecule has 0 amide bonds. The normalized spacial score (nSPS) is 11.7. The fourth-order valence-electron chi connectivity index (χ4n) is 22.2. The van der Waals surface area contributed by atoms with Gasteiger partial charge in [0.15, 0.2) is 0 Å². The lowest BCUT2D eigenvalue weighted by atomic mass is 10.0. The van der Waals surface area contributed by atoms with Gasteiger partial charge in [-0.15, -0.1) is 0 Å². The average molecular weight is 1780 g/mol. The molecule has 6 nitrogen and oxygen atoms in total. The minimum Gasteiger partial charge on any atom is -0.309 e. The predicted molar refractivity (Wildman–Crippen MR) is 593 cm³/mol. The van der Waals surface area contributed by atoms with Gasteiger partial charge in [-0.25, -0.2) is 0 Å². The van der Waals surface area contributed by atoms with Gasteiger partial charge in [0.2, 0.25) is 0 Å². The molecular formula is C134H88N6. The van der Waals surface area contributed by atoms with E-state index >= 15 is 0 Å². The number of aromatic nitrogens is 6. The highest BCUT2D eigenvalue weighted by Crippen LogP contribution is 2.46. The number of benzene rings is 23. The van der Waals surface area contributed by atoms with E-state index in [0.29, 0.717) is 0 Å². The minimum atomic E-state index is 1.16. The van der Waals surface area contributed by atoms with Crippen LogP contribution < -0.4 is 0 Å². The van der Waals surface area contributed by atoms with Crippen molar-refractivity contribution in [3.05, 3.63) is 534 Å². The molecule has 0 spiro atoms. The zero-order valence-corrected chi connectivity index (χ0v) is 76.5. The number of para-hydroxylation sites is 8. The van der Waals surface area contributed by atoms with Crippen LogP contribution in [-0.2, 0) is 0 Å². The largest absolute Gasteiger partial charge is 0.309 e. The molecule has 0 aliphatic heterocycles. The SMILES string of the molecule is c1ccc(-c2cccc(-n3c4ccccc4c4cc(-c5ccc6c(c5)c5ccccc5n6-c5ccc6ccccc6c5)ccc43)c2)cc1.c1ccc(-c2cccc(-n3c4ccccc4c4cc(-c5ccc6c(c5)c5ccccc5n6-c5ccccc5-c5ccccc5)ccc43)c2)cc1.c1ccc(-n2c3ccccc3c3cc(-c4ccc5c(c4)c4ccccc4n5-c4ccc5ccccc5c4)ccc32)cc1. The molecule has 29 aromatic rings. The number of hydrogen-bond donors (Lipinski definition) is 0. The summed E-state index contributed by atoms with van der Waals surface area (Å²) in [7, 11) is 0. The van der Waals surface area contributed by atoms with Crippen molar-refractivity contribution in [3.63, 3.8) is 0 Å². The van der Waals surface area contributed by atoms with Gasteiger partial charge in [0.05, 0.1) is 71.9 Å². The molecule has 140 heavy (non-hydrogen) atoms. The van der Waals surface area contributed by atoms with Crippen molar-refractivity contribution in [3.8, 4) is 101 Å². The molecule has 0 saturated carbocycles. The maximum absolute atomic E-state index is 2.43. The second kappa shape index (κ2) is 33.8. The maximum atomic E-state index is 2.43. The summed E-state index contributed by atoms with van der Waals surface area (Å²) in [5.41, 5.74) is 36.2. The van der Waals surface area contributed by atoms with Crippen LogP contribution in [0.15, 0.2) is 534 Å². The van der Waals surface area contributed by atoms with Crippen LogP contribution in [0.1, 0.15) is 0 Å². The van der Waals surface area contributed by atoms with Crippen LogP contribution in [-0.4, -0.2) is 27.4 Å². The van der Waals surface area contributed by atoms with Gasteiger partial charge in [-0.1, -0.05) is 358 Å². The van der Waals surface area contributed by atoms with Gasteiger partial charge in [-0.05, 0) is 259 Å². The molecule has 23 aromatic carbocycles. The minimum absolute atomic E-state index is 1.16. The summed E-state index contributed by atoms with van der Waals surface area (Å²) in [6.45, 7) is 0. The van der Waals surface area contributed by atoms with Crippen molar-refractivity contribution in [1.29, 1.82) is 0 Å². The van der Waals surface area contributed by atoms with Gasteiger partial charge < -0.3 is 27.4 Å². The van der Waals surface area contributed by atoms with Crippen LogP contribution >= 0.6 is 0 Å². The van der Waals surface area contributed by atoms with Crippen LogP contribution in [0.3, 0.4) is 0 Å². The van der Waals surface area contributed by atoms with Crippen molar-refractivity contribution >= 4 is 152 Å². The Morgan fingerprint density at radius 1 is 0.100 bits per heavy atom. The highest BCUT2D eigenvalue weighted by Gasteiger charge is 2.24. The molecule has 0 unspecified atom stereocenters. The summed E-state index contributed by atoms with van der Waals surface area (Å²) in [6, 6.07) is 194. The molecule has 0 aliphatic carbocycles. The summed E-state index contributed by atoms with van der Waals surface area (Å²) in [5.74, 6) is 0. The molecule has 0 N–H and O–H groups in total. The van der Waals surface area contributed by atoms with Gasteiger partial charge in [0, 0.05) is 98.6 Å². The van der Waals surface area contributed by atoms with E-state index in [-0.39, 0.29) is 0 Å². The van der Waals surface area contributed by atoms with Crippen LogP contribution in [0, 0.1) is 0 Å². The van der Waals surface area contributed by atoms with E-state index in [4.69, 9.17) is 0 Å². The third-order valence-electron chi connectivity index (χ3n) is 28.7. The first-order valence-corrected chi connectivity index (χ1v) is 48.2. The molecule has 0 atom stereocenters. The highest BCUT2D eigenvalue weighted by atomic mass is 15.0. The van der Waals surface area contributed by atoms with Crippen molar-refractivity contribution in [2.24, 2.45) is 0 Å². The lowest BCUT2D eigenvalue weighted by Gasteiger charge is -2.14. The summed E-state index contributed by atoms with van der Waals surface area (Å²) in [6.07, 6.45) is 0. The second-order valence-corrected chi connectivity index (χ2v) is 36.6. The van der Waals surface area contributed by atoms with Crippen LogP contribution in [0.5, 0.6) is 0 Å². The van der Waals surface area contributed by atoms with Crippen LogP contribution in [0.25, 0.3) is 253 Å². The van der Waals surface area contributed by atoms with Crippen molar-refractivity contribution in [2.75, 3.05) is 0 Å². The molecular weight excluding hydrogens is 1690 g/mol. The average Bonchev–Trinajstić information content (AvgIpc) is 1.59. The molecule has 6 heteroatoms. The molecule has 29 rings (SSSR count). The number of fused-ring (bicyclic) bond motifs is 20. The molecule has 6 heterocycles. The zero-order chi connectivity index (χ0) is 92.2. The van der Waals surface area contributed by atoms with E-state index in [1.54, 1.807) is 0 Å². The third-order valence-corrected chi connectivity index (χ3v) is 28.7. The summed E-state index contributed by atoms with van der Waals surface area (Å²) >= 11 is 0. The molecule has 0 bridgehead atoms. The summed E-state index contributed by atoms with van der Waals surface area (Å²) < 4.78 is 14.4. The highest BCUT2D eigenvalue weighted by molar-refractivity contribution is 6.18. The molecule has 0 radical (unpaired) electrons. The Hall–Kier alpha value is -18.6. The van der Waals surface area contributed by atoms with Gasteiger partial charge in [0.25, 0.3) is 0 Å². The van der Waals surface area contributed by atoms with Crippen molar-refractivity contribution < 1.29 is 0 Å². The number of hydrogen-bond acceptors (Lipinski definition) is 0. The Labute approximate surface area is 808 Å². The Morgan fingerprint density at radius 3 is 0.657 bits per heavy atom. The van der Waals surface area contributed by atoms with E-state index in [1.165, 1.54) is 248 Å². The molecule has 0 aliphatic rings. The van der Waals surface area contributed by atoms with E-state index < -0.39 is 0 Å². The predicted octanol–water partition coefficient (Wildman–Crippen LogP) is 36.0. The lowest BCUT2D eigenvalue weighted by Crippen LogP contribution is -1.97. The van der Waals surface area contributed by atoms with Crippen molar-refractivity contribution in [2.45, 2.75) is 0 Å². The maximum Gasteiger partial charge on any atom is 0.0541 e. The monoisotopic (exact) mass is 1780 g/mol. The molecule has 6 aromatic heterocycles. The fraction of sp³-hybridized carbons (Fsp3) is 0. The van der Waals surface area contributed by atoms with E-state index in [9.17, 15) is 0 Å². The Balaban J connectivity index is 0.000000106. The first-order chi connectivity index (χ1) is 69.4. The Bertz CT molecular complexity index is 9950. The summed E-state index contributed by atoms with van der Waals surface area (Å²) in [4.78, 5) is 0. The number of nitrogens with zero attached hydrogens (tertiary/aromatic N) is 6. The van der Waals surface area contributed by atoms with Crippen LogP contribution in [0.4, 0.5) is 0 Å². The third kappa shape index (κ3) is 13.8. The first-order valence-electron chi connectivity index (χ1n) is 48.2. The van der Waals surface area contributed by atoms with E-state index in [0.717, 1.165) is 5.69 Å².